The SMILES string of the molecule is COc1ccccc1C1C(N)CCN1C(C)(C)C. The van der Waals surface area contributed by atoms with Crippen LogP contribution in [0.2, 0.25) is 0 Å². The Labute approximate surface area is 110 Å². The summed E-state index contributed by atoms with van der Waals surface area (Å²) in [5.74, 6) is 0.939. The molecule has 100 valence electrons. The summed E-state index contributed by atoms with van der Waals surface area (Å²) in [6.45, 7) is 7.78. The molecule has 1 aromatic rings. The van der Waals surface area contributed by atoms with Crippen LogP contribution in [0.25, 0.3) is 0 Å². The second kappa shape index (κ2) is 4.90. The van der Waals surface area contributed by atoms with Crippen LogP contribution in [-0.2, 0) is 0 Å². The smallest absolute Gasteiger partial charge is 0.123 e. The minimum atomic E-state index is 0.125. The molecule has 2 N–H and O–H groups in total. The third-order valence-electron chi connectivity index (χ3n) is 3.76. The Balaban J connectivity index is 2.40. The summed E-state index contributed by atoms with van der Waals surface area (Å²) in [6, 6.07) is 8.64. The number of ether oxygens (including phenoxy) is 1. The van der Waals surface area contributed by atoms with Gasteiger partial charge in [0.2, 0.25) is 0 Å². The van der Waals surface area contributed by atoms with Crippen molar-refractivity contribution in [2.24, 2.45) is 5.73 Å². The molecule has 0 radical (unpaired) electrons. The first kappa shape index (κ1) is 13.4. The molecule has 2 unspecified atom stereocenters. The zero-order chi connectivity index (χ0) is 13.3. The molecule has 2 atom stereocenters. The maximum Gasteiger partial charge on any atom is 0.123 e. The first-order valence-electron chi connectivity index (χ1n) is 6.60. The average molecular weight is 248 g/mol. The van der Waals surface area contributed by atoms with Crippen LogP contribution >= 0.6 is 0 Å². The van der Waals surface area contributed by atoms with Crippen molar-refractivity contribution in [3.8, 4) is 5.75 Å². The highest BCUT2D eigenvalue weighted by Gasteiger charge is 2.39. The molecule has 0 saturated carbocycles. The Morgan fingerprint density at radius 3 is 2.56 bits per heavy atom. The van der Waals surface area contributed by atoms with Crippen LogP contribution in [0, 0.1) is 0 Å². The van der Waals surface area contributed by atoms with E-state index in [1.54, 1.807) is 7.11 Å². The molecule has 1 aromatic carbocycles. The van der Waals surface area contributed by atoms with Crippen molar-refractivity contribution in [1.82, 2.24) is 4.90 Å². The van der Waals surface area contributed by atoms with Gasteiger partial charge in [0, 0.05) is 23.7 Å². The lowest BCUT2D eigenvalue weighted by molar-refractivity contribution is 0.115. The van der Waals surface area contributed by atoms with Gasteiger partial charge < -0.3 is 10.5 Å². The number of hydrogen-bond donors (Lipinski definition) is 1. The van der Waals surface area contributed by atoms with Crippen molar-refractivity contribution in [3.63, 3.8) is 0 Å². The average Bonchev–Trinajstić information content (AvgIpc) is 2.70. The molecular formula is C15H24N2O. The van der Waals surface area contributed by atoms with Crippen molar-refractivity contribution in [2.45, 2.75) is 44.8 Å². The molecule has 3 nitrogen and oxygen atoms in total. The summed E-state index contributed by atoms with van der Waals surface area (Å²) in [6.07, 6.45) is 1.04. The minimum absolute atomic E-state index is 0.125. The Morgan fingerprint density at radius 1 is 1.28 bits per heavy atom. The highest BCUT2D eigenvalue weighted by atomic mass is 16.5. The van der Waals surface area contributed by atoms with E-state index in [0.29, 0.717) is 0 Å². The lowest BCUT2D eigenvalue weighted by Crippen LogP contribution is -2.43. The Kier molecular flexibility index (Phi) is 3.64. The number of rotatable bonds is 2. The summed E-state index contributed by atoms with van der Waals surface area (Å²) in [5.41, 5.74) is 7.66. The van der Waals surface area contributed by atoms with Gasteiger partial charge in [-0.2, -0.15) is 0 Å². The largest absolute Gasteiger partial charge is 0.496 e. The van der Waals surface area contributed by atoms with Crippen LogP contribution in [0.4, 0.5) is 0 Å². The van der Waals surface area contributed by atoms with E-state index in [2.05, 4.69) is 37.8 Å². The Morgan fingerprint density at radius 2 is 1.94 bits per heavy atom. The van der Waals surface area contributed by atoms with Crippen LogP contribution in [0.5, 0.6) is 5.75 Å². The first-order chi connectivity index (χ1) is 8.45. The van der Waals surface area contributed by atoms with E-state index in [0.717, 1.165) is 18.7 Å². The van der Waals surface area contributed by atoms with E-state index in [-0.39, 0.29) is 17.6 Å². The molecular weight excluding hydrogens is 224 g/mol. The standard InChI is InChI=1S/C15H24N2O/c1-15(2,3)17-10-9-12(16)14(17)11-7-5-6-8-13(11)18-4/h5-8,12,14H,9-10,16H2,1-4H3. The molecule has 0 aliphatic carbocycles. The molecule has 0 spiro atoms. The number of likely N-dealkylation sites (tertiary alicyclic amines) is 1. The molecule has 0 amide bonds. The predicted molar refractivity (Wildman–Crippen MR) is 74.8 cm³/mol. The number of methoxy groups -OCH3 is 1. The third-order valence-corrected chi connectivity index (χ3v) is 3.76. The fourth-order valence-electron chi connectivity index (χ4n) is 2.88. The maximum atomic E-state index is 6.32. The third kappa shape index (κ3) is 2.38. The second-order valence-corrected chi connectivity index (χ2v) is 6.00. The van der Waals surface area contributed by atoms with Gasteiger partial charge in [-0.15, -0.1) is 0 Å². The van der Waals surface area contributed by atoms with Crippen molar-refractivity contribution in [3.05, 3.63) is 29.8 Å². The van der Waals surface area contributed by atoms with E-state index in [1.165, 1.54) is 5.56 Å². The van der Waals surface area contributed by atoms with Gasteiger partial charge >= 0.3 is 0 Å². The monoisotopic (exact) mass is 248 g/mol. The van der Waals surface area contributed by atoms with Crippen LogP contribution in [0.1, 0.15) is 38.8 Å². The molecule has 3 heteroatoms. The highest BCUT2D eigenvalue weighted by molar-refractivity contribution is 5.37. The number of hydrogen-bond acceptors (Lipinski definition) is 3. The summed E-state index contributed by atoms with van der Waals surface area (Å²) < 4.78 is 5.48. The number of nitrogens with zero attached hydrogens (tertiary/aromatic N) is 1. The molecule has 18 heavy (non-hydrogen) atoms. The van der Waals surface area contributed by atoms with Gasteiger partial charge in [0.15, 0.2) is 0 Å². The lowest BCUT2D eigenvalue weighted by atomic mass is 9.96. The Hall–Kier alpha value is -1.06. The van der Waals surface area contributed by atoms with E-state index in [1.807, 2.05) is 12.1 Å². The molecule has 0 bridgehead atoms. The minimum Gasteiger partial charge on any atom is -0.496 e. The summed E-state index contributed by atoms with van der Waals surface area (Å²) in [4.78, 5) is 2.48. The molecule has 1 aliphatic heterocycles. The molecule has 1 fully saturated rings. The molecule has 0 aromatic heterocycles. The summed E-state index contributed by atoms with van der Waals surface area (Å²) >= 11 is 0. The van der Waals surface area contributed by atoms with Crippen molar-refractivity contribution in [2.75, 3.05) is 13.7 Å². The van der Waals surface area contributed by atoms with Crippen LogP contribution in [-0.4, -0.2) is 30.1 Å². The number of para-hydroxylation sites is 1. The van der Waals surface area contributed by atoms with Crippen LogP contribution < -0.4 is 10.5 Å². The Bertz CT molecular complexity index is 411. The predicted octanol–water partition coefficient (Wildman–Crippen LogP) is 2.57. The molecule has 1 aliphatic rings. The van der Waals surface area contributed by atoms with Crippen molar-refractivity contribution in [1.29, 1.82) is 0 Å². The van der Waals surface area contributed by atoms with E-state index < -0.39 is 0 Å². The van der Waals surface area contributed by atoms with Gasteiger partial charge in [-0.3, -0.25) is 4.90 Å². The second-order valence-electron chi connectivity index (χ2n) is 6.00. The van der Waals surface area contributed by atoms with Crippen molar-refractivity contribution < 1.29 is 4.74 Å². The summed E-state index contributed by atoms with van der Waals surface area (Å²) in [5, 5.41) is 0. The lowest BCUT2D eigenvalue weighted by Gasteiger charge is -2.38. The van der Waals surface area contributed by atoms with Gasteiger partial charge in [0.1, 0.15) is 5.75 Å². The fourth-order valence-corrected chi connectivity index (χ4v) is 2.88. The fraction of sp³-hybridized carbons (Fsp3) is 0.600. The quantitative estimate of drug-likeness (QED) is 0.874. The number of benzene rings is 1. The van der Waals surface area contributed by atoms with E-state index in [4.69, 9.17) is 10.5 Å². The maximum absolute atomic E-state index is 6.32. The normalized spacial score (nSPS) is 25.4. The van der Waals surface area contributed by atoms with Gasteiger partial charge in [0.25, 0.3) is 0 Å². The zero-order valence-corrected chi connectivity index (χ0v) is 11.8. The number of nitrogens with two attached hydrogens (primary N) is 1. The van der Waals surface area contributed by atoms with Gasteiger partial charge in [0.05, 0.1) is 13.2 Å². The van der Waals surface area contributed by atoms with E-state index in [9.17, 15) is 0 Å². The van der Waals surface area contributed by atoms with E-state index >= 15 is 0 Å². The first-order valence-corrected chi connectivity index (χ1v) is 6.60. The van der Waals surface area contributed by atoms with Gasteiger partial charge in [-0.05, 0) is 33.3 Å². The topological polar surface area (TPSA) is 38.5 Å². The molecule has 2 rings (SSSR count). The summed E-state index contributed by atoms with van der Waals surface area (Å²) in [7, 11) is 1.72. The van der Waals surface area contributed by atoms with Gasteiger partial charge in [-0.1, -0.05) is 18.2 Å². The zero-order valence-electron chi connectivity index (χ0n) is 11.8. The van der Waals surface area contributed by atoms with Crippen molar-refractivity contribution >= 4 is 0 Å². The molecule has 1 heterocycles. The van der Waals surface area contributed by atoms with Gasteiger partial charge in [-0.25, -0.2) is 0 Å². The molecule has 1 saturated heterocycles. The van der Waals surface area contributed by atoms with Crippen LogP contribution in [0.15, 0.2) is 24.3 Å². The highest BCUT2D eigenvalue weighted by Crippen LogP contribution is 2.40. The van der Waals surface area contributed by atoms with Crippen LogP contribution in [0.3, 0.4) is 0 Å².